The minimum Gasteiger partial charge on any atom is -0.466 e. The van der Waals surface area contributed by atoms with E-state index in [9.17, 15) is 4.79 Å². The first-order chi connectivity index (χ1) is 8.59. The van der Waals surface area contributed by atoms with E-state index >= 15 is 0 Å². The number of carbonyl (C=O) groups is 1. The van der Waals surface area contributed by atoms with Gasteiger partial charge in [-0.15, -0.1) is 0 Å². The number of carbonyl (C=O) groups excluding carboxylic acids is 1. The highest BCUT2D eigenvalue weighted by Gasteiger charge is 1.99. The largest absolute Gasteiger partial charge is 0.466 e. The molecule has 0 bridgehead atoms. The van der Waals surface area contributed by atoms with E-state index in [-0.39, 0.29) is 5.97 Å². The van der Waals surface area contributed by atoms with E-state index in [4.69, 9.17) is 4.74 Å². The van der Waals surface area contributed by atoms with Crippen LogP contribution in [0.25, 0.3) is 0 Å². The second-order valence-electron chi connectivity index (χ2n) is 4.93. The van der Waals surface area contributed by atoms with Crippen LogP contribution >= 0.6 is 0 Å². The lowest BCUT2D eigenvalue weighted by Gasteiger charge is -2.07. The fraction of sp³-hybridized carbons (Fsp3) is 0.562. The Morgan fingerprint density at radius 3 is 2.50 bits per heavy atom. The first kappa shape index (κ1) is 14.7. The highest BCUT2D eigenvalue weighted by molar-refractivity contribution is 5.65. The van der Waals surface area contributed by atoms with Crippen molar-refractivity contribution in [1.82, 2.24) is 0 Å². The number of unbranched alkanes of at least 4 members (excludes halogenated alkanes) is 3. The van der Waals surface area contributed by atoms with Crippen molar-refractivity contribution in [2.45, 2.75) is 52.9 Å². The molecule has 0 unspecified atom stereocenters. The van der Waals surface area contributed by atoms with Gasteiger partial charge in [0.1, 0.15) is 0 Å². The molecule has 1 aromatic rings. The molecule has 2 nitrogen and oxygen atoms in total. The Morgan fingerprint density at radius 2 is 1.83 bits per heavy atom. The van der Waals surface area contributed by atoms with Crippen LogP contribution in [0.5, 0.6) is 0 Å². The van der Waals surface area contributed by atoms with Gasteiger partial charge in [-0.05, 0) is 44.2 Å². The third-order valence-corrected chi connectivity index (χ3v) is 3.14. The standard InChI is InChI=1S/C16H24O2/c1-13-9-10-16(14(2)12-13)8-6-4-5-7-11-18-15(3)17/h9-10,12H,4-8,11H2,1-3H3. The van der Waals surface area contributed by atoms with Crippen molar-refractivity contribution < 1.29 is 9.53 Å². The molecule has 1 rings (SSSR count). The van der Waals surface area contributed by atoms with E-state index in [1.807, 2.05) is 0 Å². The van der Waals surface area contributed by atoms with Crippen molar-refractivity contribution in [1.29, 1.82) is 0 Å². The summed E-state index contributed by atoms with van der Waals surface area (Å²) in [5.41, 5.74) is 4.19. The van der Waals surface area contributed by atoms with Crippen molar-refractivity contribution in [3.05, 3.63) is 34.9 Å². The van der Waals surface area contributed by atoms with Gasteiger partial charge in [-0.3, -0.25) is 4.79 Å². The average Bonchev–Trinajstić information content (AvgIpc) is 2.30. The first-order valence-electron chi connectivity index (χ1n) is 6.79. The van der Waals surface area contributed by atoms with Crippen LogP contribution in [0.3, 0.4) is 0 Å². The number of rotatable bonds is 7. The predicted octanol–water partition coefficient (Wildman–Crippen LogP) is 3.97. The van der Waals surface area contributed by atoms with Gasteiger partial charge in [0.15, 0.2) is 0 Å². The average molecular weight is 248 g/mol. The monoisotopic (exact) mass is 248 g/mol. The maximum atomic E-state index is 10.6. The highest BCUT2D eigenvalue weighted by Crippen LogP contribution is 2.14. The summed E-state index contributed by atoms with van der Waals surface area (Å²) in [5.74, 6) is -0.176. The molecular weight excluding hydrogens is 224 g/mol. The molecular formula is C16H24O2. The molecule has 0 heterocycles. The van der Waals surface area contributed by atoms with Crippen LogP contribution in [0.15, 0.2) is 18.2 Å². The fourth-order valence-corrected chi connectivity index (χ4v) is 2.11. The molecule has 0 aliphatic rings. The van der Waals surface area contributed by atoms with E-state index < -0.39 is 0 Å². The van der Waals surface area contributed by atoms with Gasteiger partial charge in [0.25, 0.3) is 0 Å². The quantitative estimate of drug-likeness (QED) is 0.539. The zero-order chi connectivity index (χ0) is 13.4. The fourth-order valence-electron chi connectivity index (χ4n) is 2.11. The maximum absolute atomic E-state index is 10.6. The van der Waals surface area contributed by atoms with E-state index in [1.165, 1.54) is 36.5 Å². The Hall–Kier alpha value is -1.31. The van der Waals surface area contributed by atoms with Crippen LogP contribution in [0.2, 0.25) is 0 Å². The van der Waals surface area contributed by atoms with Crippen molar-refractivity contribution in [2.75, 3.05) is 6.61 Å². The summed E-state index contributed by atoms with van der Waals surface area (Å²) >= 11 is 0. The topological polar surface area (TPSA) is 26.3 Å². The number of esters is 1. The van der Waals surface area contributed by atoms with Crippen LogP contribution < -0.4 is 0 Å². The molecule has 0 saturated carbocycles. The summed E-state index contributed by atoms with van der Waals surface area (Å²) in [5, 5.41) is 0. The lowest BCUT2D eigenvalue weighted by molar-refractivity contribution is -0.141. The lowest BCUT2D eigenvalue weighted by atomic mass is 10.00. The summed E-state index contributed by atoms with van der Waals surface area (Å²) in [6.45, 7) is 6.34. The van der Waals surface area contributed by atoms with Gasteiger partial charge < -0.3 is 4.74 Å². The lowest BCUT2D eigenvalue weighted by Crippen LogP contribution is -2.00. The molecule has 0 aromatic heterocycles. The molecule has 100 valence electrons. The second kappa shape index (κ2) is 7.91. The molecule has 0 radical (unpaired) electrons. The van der Waals surface area contributed by atoms with Gasteiger partial charge in [-0.1, -0.05) is 36.6 Å². The molecule has 0 N–H and O–H groups in total. The Labute approximate surface area is 110 Å². The molecule has 1 aromatic carbocycles. The Balaban J connectivity index is 2.12. The first-order valence-corrected chi connectivity index (χ1v) is 6.79. The van der Waals surface area contributed by atoms with Crippen LogP contribution in [-0.4, -0.2) is 12.6 Å². The number of hydrogen-bond acceptors (Lipinski definition) is 2. The highest BCUT2D eigenvalue weighted by atomic mass is 16.5. The zero-order valence-electron chi connectivity index (χ0n) is 11.8. The third-order valence-electron chi connectivity index (χ3n) is 3.14. The third kappa shape index (κ3) is 5.85. The smallest absolute Gasteiger partial charge is 0.302 e. The predicted molar refractivity (Wildman–Crippen MR) is 74.7 cm³/mol. The van der Waals surface area contributed by atoms with Gasteiger partial charge in [0.2, 0.25) is 0 Å². The van der Waals surface area contributed by atoms with Crippen molar-refractivity contribution in [2.24, 2.45) is 0 Å². The van der Waals surface area contributed by atoms with Crippen molar-refractivity contribution >= 4 is 5.97 Å². The molecule has 18 heavy (non-hydrogen) atoms. The molecule has 2 heteroatoms. The van der Waals surface area contributed by atoms with Crippen LogP contribution in [-0.2, 0) is 16.0 Å². The molecule has 0 amide bonds. The summed E-state index contributed by atoms with van der Waals surface area (Å²) in [7, 11) is 0. The Morgan fingerprint density at radius 1 is 1.11 bits per heavy atom. The van der Waals surface area contributed by atoms with Crippen LogP contribution in [0, 0.1) is 13.8 Å². The number of ether oxygens (including phenoxy) is 1. The van der Waals surface area contributed by atoms with Crippen LogP contribution in [0.1, 0.15) is 49.3 Å². The number of benzene rings is 1. The van der Waals surface area contributed by atoms with E-state index in [0.717, 1.165) is 19.3 Å². The Bertz CT molecular complexity index is 383. The van der Waals surface area contributed by atoms with Crippen LogP contribution in [0.4, 0.5) is 0 Å². The maximum Gasteiger partial charge on any atom is 0.302 e. The van der Waals surface area contributed by atoms with E-state index in [0.29, 0.717) is 6.61 Å². The normalized spacial score (nSPS) is 10.4. The molecule has 0 aliphatic carbocycles. The second-order valence-corrected chi connectivity index (χ2v) is 4.93. The van der Waals surface area contributed by atoms with Crippen molar-refractivity contribution in [3.63, 3.8) is 0 Å². The van der Waals surface area contributed by atoms with E-state index in [1.54, 1.807) is 0 Å². The minimum absolute atomic E-state index is 0.176. The van der Waals surface area contributed by atoms with Gasteiger partial charge in [0.05, 0.1) is 6.61 Å². The molecule has 0 fully saturated rings. The SMILES string of the molecule is CC(=O)OCCCCCCc1ccc(C)cc1C. The van der Waals surface area contributed by atoms with Gasteiger partial charge in [-0.25, -0.2) is 0 Å². The number of hydrogen-bond donors (Lipinski definition) is 0. The summed E-state index contributed by atoms with van der Waals surface area (Å²) < 4.78 is 4.90. The summed E-state index contributed by atoms with van der Waals surface area (Å²) in [4.78, 5) is 10.6. The molecule has 0 saturated heterocycles. The van der Waals surface area contributed by atoms with Crippen molar-refractivity contribution in [3.8, 4) is 0 Å². The summed E-state index contributed by atoms with van der Waals surface area (Å²) in [6.07, 6.45) is 5.68. The molecule has 0 aliphatic heterocycles. The molecule has 0 spiro atoms. The van der Waals surface area contributed by atoms with E-state index in [2.05, 4.69) is 32.0 Å². The van der Waals surface area contributed by atoms with Gasteiger partial charge in [0, 0.05) is 6.92 Å². The van der Waals surface area contributed by atoms with Gasteiger partial charge >= 0.3 is 5.97 Å². The minimum atomic E-state index is -0.176. The zero-order valence-corrected chi connectivity index (χ0v) is 11.8. The number of aryl methyl sites for hydroxylation is 3. The summed E-state index contributed by atoms with van der Waals surface area (Å²) in [6, 6.07) is 6.67. The van der Waals surface area contributed by atoms with Gasteiger partial charge in [-0.2, -0.15) is 0 Å². The molecule has 0 atom stereocenters. The Kier molecular flexibility index (Phi) is 6.48.